The van der Waals surface area contributed by atoms with Crippen LogP contribution in [0.1, 0.15) is 32.6 Å². The van der Waals surface area contributed by atoms with E-state index >= 15 is 0 Å². The van der Waals surface area contributed by atoms with Gasteiger partial charge in [0.25, 0.3) is 0 Å². The maximum Gasteiger partial charge on any atom is 0.204 e. The maximum absolute atomic E-state index is 9.93. The summed E-state index contributed by atoms with van der Waals surface area (Å²) in [5, 5.41) is 22.6. The molecule has 2 atom stereocenters. The van der Waals surface area contributed by atoms with Crippen molar-refractivity contribution in [1.29, 1.82) is 0 Å². The highest BCUT2D eigenvalue weighted by Crippen LogP contribution is 2.17. The molecule has 0 amide bonds. The number of aromatic nitrogens is 4. The number of aryl methyl sites for hydroxylation is 1. The fourth-order valence-electron chi connectivity index (χ4n) is 3.12. The number of tetrazole rings is 1. The lowest BCUT2D eigenvalue weighted by molar-refractivity contribution is 0.0286. The Hall–Kier alpha value is -1.79. The van der Waals surface area contributed by atoms with E-state index in [1.807, 2.05) is 30.3 Å². The molecule has 6 heteroatoms. The highest BCUT2D eigenvalue weighted by atomic mass is 16.3. The molecule has 1 N–H and O–H groups in total. The summed E-state index contributed by atoms with van der Waals surface area (Å²) in [5.74, 6) is 1.13. The Balaban J connectivity index is 1.35. The first-order chi connectivity index (χ1) is 11.7. The fourth-order valence-corrected chi connectivity index (χ4v) is 3.12. The summed E-state index contributed by atoms with van der Waals surface area (Å²) in [6, 6.07) is 9.93. The Labute approximate surface area is 143 Å². The molecule has 130 valence electrons. The third kappa shape index (κ3) is 4.61. The van der Waals surface area contributed by atoms with Crippen LogP contribution in [0, 0.1) is 5.92 Å². The average molecular weight is 329 g/mol. The van der Waals surface area contributed by atoms with Crippen LogP contribution in [0.2, 0.25) is 0 Å². The standard InChI is InChI=1S/C18H27N5O/c1-15-10-13-22(14-17(15)24)11-6-3-7-12-23-20-18(19-21-23)16-8-4-2-5-9-16/h2,4-5,8-9,15,17,24H,3,6-7,10-14H2,1H3. The van der Waals surface area contributed by atoms with E-state index in [0.717, 1.165) is 57.4 Å². The fraction of sp³-hybridized carbons (Fsp3) is 0.611. The average Bonchev–Trinajstić information content (AvgIpc) is 3.07. The van der Waals surface area contributed by atoms with Crippen molar-refractivity contribution >= 4 is 0 Å². The lowest BCUT2D eigenvalue weighted by Gasteiger charge is -2.34. The molecule has 2 heterocycles. The van der Waals surface area contributed by atoms with Gasteiger partial charge in [-0.25, -0.2) is 0 Å². The molecule has 3 rings (SSSR count). The van der Waals surface area contributed by atoms with Gasteiger partial charge in [-0.05, 0) is 43.5 Å². The van der Waals surface area contributed by atoms with Crippen molar-refractivity contribution in [1.82, 2.24) is 25.1 Å². The first kappa shape index (κ1) is 17.0. The van der Waals surface area contributed by atoms with Crippen LogP contribution in [0.3, 0.4) is 0 Å². The molecule has 1 aromatic heterocycles. The molecule has 0 bridgehead atoms. The molecule has 1 aliphatic heterocycles. The summed E-state index contributed by atoms with van der Waals surface area (Å²) in [7, 11) is 0. The molecule has 1 aromatic carbocycles. The minimum absolute atomic E-state index is 0.158. The number of aliphatic hydroxyl groups is 1. The minimum atomic E-state index is -0.158. The molecule has 0 aliphatic carbocycles. The number of nitrogens with zero attached hydrogens (tertiary/aromatic N) is 5. The highest BCUT2D eigenvalue weighted by Gasteiger charge is 2.23. The second kappa shape index (κ2) is 8.35. The quantitative estimate of drug-likeness (QED) is 0.789. The van der Waals surface area contributed by atoms with Gasteiger partial charge in [0.2, 0.25) is 5.82 Å². The number of likely N-dealkylation sites (tertiary alicyclic amines) is 1. The molecule has 1 saturated heterocycles. The van der Waals surface area contributed by atoms with Crippen LogP contribution in [0.15, 0.2) is 30.3 Å². The Morgan fingerprint density at radius 1 is 1.12 bits per heavy atom. The van der Waals surface area contributed by atoms with Gasteiger partial charge in [-0.2, -0.15) is 4.80 Å². The van der Waals surface area contributed by atoms with Gasteiger partial charge in [0, 0.05) is 12.1 Å². The molecule has 24 heavy (non-hydrogen) atoms. The first-order valence-corrected chi connectivity index (χ1v) is 8.96. The number of aliphatic hydroxyl groups excluding tert-OH is 1. The number of rotatable bonds is 7. The topological polar surface area (TPSA) is 67.1 Å². The van der Waals surface area contributed by atoms with Crippen LogP contribution in [0.5, 0.6) is 0 Å². The maximum atomic E-state index is 9.93. The molecular weight excluding hydrogens is 302 g/mol. The van der Waals surface area contributed by atoms with Crippen molar-refractivity contribution in [3.05, 3.63) is 30.3 Å². The zero-order chi connectivity index (χ0) is 16.8. The van der Waals surface area contributed by atoms with Crippen molar-refractivity contribution in [2.24, 2.45) is 5.92 Å². The van der Waals surface area contributed by atoms with E-state index in [9.17, 15) is 5.11 Å². The van der Waals surface area contributed by atoms with Gasteiger partial charge < -0.3 is 10.0 Å². The second-order valence-corrected chi connectivity index (χ2v) is 6.77. The summed E-state index contributed by atoms with van der Waals surface area (Å²) in [4.78, 5) is 4.07. The zero-order valence-corrected chi connectivity index (χ0v) is 14.4. The van der Waals surface area contributed by atoms with Gasteiger partial charge in [-0.15, -0.1) is 10.2 Å². The molecule has 0 spiro atoms. The van der Waals surface area contributed by atoms with Gasteiger partial charge in [0.05, 0.1) is 12.6 Å². The number of hydrogen-bond donors (Lipinski definition) is 1. The summed E-state index contributed by atoms with van der Waals surface area (Å²) in [6.07, 6.45) is 4.30. The van der Waals surface area contributed by atoms with E-state index in [2.05, 4.69) is 27.2 Å². The van der Waals surface area contributed by atoms with E-state index in [-0.39, 0.29) is 6.10 Å². The van der Waals surface area contributed by atoms with Crippen LogP contribution in [0.25, 0.3) is 11.4 Å². The SMILES string of the molecule is CC1CCN(CCCCCn2nnc(-c3ccccc3)n2)CC1O. The Morgan fingerprint density at radius 3 is 2.71 bits per heavy atom. The molecular formula is C18H27N5O. The number of benzene rings is 1. The van der Waals surface area contributed by atoms with Crippen LogP contribution in [-0.4, -0.2) is 56.0 Å². The van der Waals surface area contributed by atoms with E-state index in [0.29, 0.717) is 11.7 Å². The monoisotopic (exact) mass is 329 g/mol. The van der Waals surface area contributed by atoms with E-state index in [1.165, 1.54) is 0 Å². The number of hydrogen-bond acceptors (Lipinski definition) is 5. The molecule has 2 unspecified atom stereocenters. The summed E-state index contributed by atoms with van der Waals surface area (Å²) in [6.45, 7) is 5.95. The first-order valence-electron chi connectivity index (χ1n) is 8.96. The summed E-state index contributed by atoms with van der Waals surface area (Å²) in [5.41, 5.74) is 1.00. The van der Waals surface area contributed by atoms with Crippen molar-refractivity contribution in [2.75, 3.05) is 19.6 Å². The molecule has 2 aromatic rings. The largest absolute Gasteiger partial charge is 0.392 e. The lowest BCUT2D eigenvalue weighted by Crippen LogP contribution is -2.43. The summed E-state index contributed by atoms with van der Waals surface area (Å²) >= 11 is 0. The van der Waals surface area contributed by atoms with Gasteiger partial charge in [-0.3, -0.25) is 0 Å². The normalized spacial score (nSPS) is 21.9. The molecule has 0 saturated carbocycles. The number of unbranched alkanes of at least 4 members (excludes halogenated alkanes) is 2. The van der Waals surface area contributed by atoms with E-state index < -0.39 is 0 Å². The Kier molecular flexibility index (Phi) is 5.93. The molecule has 1 fully saturated rings. The van der Waals surface area contributed by atoms with Gasteiger partial charge in [0.1, 0.15) is 0 Å². The smallest absolute Gasteiger partial charge is 0.204 e. The predicted octanol–water partition coefficient (Wildman–Crippen LogP) is 2.21. The predicted molar refractivity (Wildman–Crippen MR) is 93.3 cm³/mol. The van der Waals surface area contributed by atoms with Crippen LogP contribution in [0.4, 0.5) is 0 Å². The molecule has 1 aliphatic rings. The van der Waals surface area contributed by atoms with Crippen molar-refractivity contribution in [2.45, 2.75) is 45.3 Å². The Bertz CT molecular complexity index is 615. The lowest BCUT2D eigenvalue weighted by atomic mass is 9.96. The van der Waals surface area contributed by atoms with Crippen molar-refractivity contribution in [3.8, 4) is 11.4 Å². The van der Waals surface area contributed by atoms with Crippen molar-refractivity contribution < 1.29 is 5.11 Å². The zero-order valence-electron chi connectivity index (χ0n) is 14.4. The van der Waals surface area contributed by atoms with Crippen LogP contribution >= 0.6 is 0 Å². The molecule has 6 nitrogen and oxygen atoms in total. The molecule has 0 radical (unpaired) electrons. The number of β-amino-alcohol motifs (C(OH)–C–C–N with tert-alkyl or cyclic N) is 1. The van der Waals surface area contributed by atoms with E-state index in [4.69, 9.17) is 0 Å². The van der Waals surface area contributed by atoms with Crippen molar-refractivity contribution in [3.63, 3.8) is 0 Å². The summed E-state index contributed by atoms with van der Waals surface area (Å²) < 4.78 is 0. The Morgan fingerprint density at radius 2 is 1.92 bits per heavy atom. The van der Waals surface area contributed by atoms with E-state index in [1.54, 1.807) is 4.80 Å². The second-order valence-electron chi connectivity index (χ2n) is 6.77. The van der Waals surface area contributed by atoms with Crippen LogP contribution in [-0.2, 0) is 6.54 Å². The van der Waals surface area contributed by atoms with Gasteiger partial charge in [0.15, 0.2) is 0 Å². The van der Waals surface area contributed by atoms with Gasteiger partial charge >= 0.3 is 0 Å². The van der Waals surface area contributed by atoms with Gasteiger partial charge in [-0.1, -0.05) is 43.7 Å². The minimum Gasteiger partial charge on any atom is -0.392 e. The third-order valence-corrected chi connectivity index (χ3v) is 4.82. The van der Waals surface area contributed by atoms with Crippen LogP contribution < -0.4 is 0 Å². The third-order valence-electron chi connectivity index (χ3n) is 4.82. The number of piperidine rings is 1. The highest BCUT2D eigenvalue weighted by molar-refractivity contribution is 5.52.